The molecule has 2 aliphatic rings. The van der Waals surface area contributed by atoms with Crippen LogP contribution in [0.15, 0.2) is 18.2 Å². The third-order valence-electron chi connectivity index (χ3n) is 4.92. The molecule has 3 rings (SSSR count). The average Bonchev–Trinajstić information content (AvgIpc) is 2.76. The molecular weight excluding hydrogens is 282 g/mol. The maximum Gasteiger partial charge on any atom is 0.338 e. The summed E-state index contributed by atoms with van der Waals surface area (Å²) in [6, 6.07) is 6.22. The van der Waals surface area contributed by atoms with Crippen LogP contribution in [0.3, 0.4) is 0 Å². The molecule has 0 amide bonds. The Morgan fingerprint density at radius 1 is 1.05 bits per heavy atom. The normalized spacial score (nSPS) is 27.5. The van der Waals surface area contributed by atoms with Crippen molar-refractivity contribution in [3.63, 3.8) is 0 Å². The fourth-order valence-electron chi connectivity index (χ4n) is 3.60. The van der Waals surface area contributed by atoms with Crippen molar-refractivity contribution in [3.8, 4) is 11.5 Å². The number of methoxy groups -OCH3 is 2. The first-order chi connectivity index (χ1) is 10.6. The smallest absolute Gasteiger partial charge is 0.338 e. The third-order valence-corrected chi connectivity index (χ3v) is 4.92. The molecule has 2 saturated heterocycles. The molecule has 0 spiro atoms. The second kappa shape index (κ2) is 6.16. The van der Waals surface area contributed by atoms with Gasteiger partial charge < -0.3 is 19.1 Å². The molecule has 1 aromatic carbocycles. The molecule has 0 N–H and O–H groups in total. The van der Waals surface area contributed by atoms with Crippen molar-refractivity contribution < 1.29 is 19.0 Å². The van der Waals surface area contributed by atoms with Crippen LogP contribution in [0.1, 0.15) is 36.0 Å². The Labute approximate surface area is 131 Å². The van der Waals surface area contributed by atoms with Crippen molar-refractivity contribution in [3.05, 3.63) is 23.8 Å². The minimum Gasteiger partial charge on any atom is -0.497 e. The molecule has 120 valence electrons. The molecule has 2 aliphatic heterocycles. The van der Waals surface area contributed by atoms with Gasteiger partial charge in [0.2, 0.25) is 0 Å². The first-order valence-corrected chi connectivity index (χ1v) is 7.76. The number of nitrogens with zero attached hydrogens (tertiary/aromatic N) is 1. The first kappa shape index (κ1) is 15.2. The van der Waals surface area contributed by atoms with Crippen LogP contribution in [0, 0.1) is 0 Å². The van der Waals surface area contributed by atoms with Crippen molar-refractivity contribution in [1.82, 2.24) is 4.90 Å². The van der Waals surface area contributed by atoms with Crippen LogP contribution in [-0.2, 0) is 4.74 Å². The molecule has 5 heteroatoms. The summed E-state index contributed by atoms with van der Waals surface area (Å²) in [5, 5.41) is 0. The average molecular weight is 305 g/mol. The van der Waals surface area contributed by atoms with E-state index in [-0.39, 0.29) is 12.1 Å². The Balaban J connectivity index is 1.70. The summed E-state index contributed by atoms with van der Waals surface area (Å²) in [6.45, 7) is 0. The predicted octanol–water partition coefficient (Wildman–Crippen LogP) is 2.49. The number of benzene rings is 1. The molecule has 0 aliphatic carbocycles. The van der Waals surface area contributed by atoms with Gasteiger partial charge in [0.25, 0.3) is 0 Å². The van der Waals surface area contributed by atoms with Gasteiger partial charge >= 0.3 is 5.97 Å². The SMILES string of the molecule is COc1cc(OC)cc(C(=O)OC2CC3CCC(C2)N3C)c1. The van der Waals surface area contributed by atoms with Gasteiger partial charge in [0.15, 0.2) is 0 Å². The van der Waals surface area contributed by atoms with E-state index in [2.05, 4.69) is 11.9 Å². The number of hydrogen-bond acceptors (Lipinski definition) is 5. The second-order valence-electron chi connectivity index (χ2n) is 6.15. The highest BCUT2D eigenvalue weighted by Gasteiger charge is 2.39. The molecule has 2 atom stereocenters. The molecule has 2 unspecified atom stereocenters. The van der Waals surface area contributed by atoms with Crippen molar-refractivity contribution in [1.29, 1.82) is 0 Å². The van der Waals surface area contributed by atoms with Gasteiger partial charge in [0.05, 0.1) is 19.8 Å². The summed E-state index contributed by atoms with van der Waals surface area (Å²) in [5.41, 5.74) is 0.475. The minimum absolute atomic E-state index is 0.0124. The van der Waals surface area contributed by atoms with Gasteiger partial charge in [-0.25, -0.2) is 4.79 Å². The van der Waals surface area contributed by atoms with Gasteiger partial charge in [-0.15, -0.1) is 0 Å². The van der Waals surface area contributed by atoms with Crippen LogP contribution in [-0.4, -0.2) is 50.3 Å². The molecule has 22 heavy (non-hydrogen) atoms. The highest BCUT2D eigenvalue weighted by Crippen LogP contribution is 2.36. The van der Waals surface area contributed by atoms with E-state index in [4.69, 9.17) is 14.2 Å². The van der Waals surface area contributed by atoms with Gasteiger partial charge in [-0.3, -0.25) is 0 Å². The molecule has 0 radical (unpaired) electrons. The topological polar surface area (TPSA) is 48.0 Å². The van der Waals surface area contributed by atoms with Crippen LogP contribution in [0.4, 0.5) is 0 Å². The number of esters is 1. The number of rotatable bonds is 4. The standard InChI is InChI=1S/C17H23NO4/c1-18-12-4-5-13(18)9-16(8-12)22-17(19)11-6-14(20-2)10-15(7-11)21-3/h6-7,10,12-13,16H,4-5,8-9H2,1-3H3. The van der Waals surface area contributed by atoms with Crippen molar-refractivity contribution in [2.45, 2.75) is 43.9 Å². The quantitative estimate of drug-likeness (QED) is 0.800. The third kappa shape index (κ3) is 2.90. The van der Waals surface area contributed by atoms with E-state index < -0.39 is 0 Å². The summed E-state index contributed by atoms with van der Waals surface area (Å²) >= 11 is 0. The van der Waals surface area contributed by atoms with E-state index >= 15 is 0 Å². The molecule has 0 saturated carbocycles. The van der Waals surface area contributed by atoms with Crippen molar-refractivity contribution in [2.75, 3.05) is 21.3 Å². The number of hydrogen-bond donors (Lipinski definition) is 0. The summed E-state index contributed by atoms with van der Waals surface area (Å²) in [5.74, 6) is 0.885. The van der Waals surface area contributed by atoms with E-state index in [0.717, 1.165) is 12.8 Å². The summed E-state index contributed by atoms with van der Waals surface area (Å²) in [6.07, 6.45) is 4.29. The molecular formula is C17H23NO4. The first-order valence-electron chi connectivity index (χ1n) is 7.76. The zero-order valence-corrected chi connectivity index (χ0v) is 13.4. The second-order valence-corrected chi connectivity index (χ2v) is 6.15. The van der Waals surface area contributed by atoms with E-state index in [9.17, 15) is 4.79 Å². The Kier molecular flexibility index (Phi) is 4.25. The van der Waals surface area contributed by atoms with Crippen LogP contribution in [0.2, 0.25) is 0 Å². The molecule has 2 fully saturated rings. The Bertz CT molecular complexity index is 523. The monoisotopic (exact) mass is 305 g/mol. The molecule has 0 aromatic heterocycles. The zero-order valence-electron chi connectivity index (χ0n) is 13.4. The van der Waals surface area contributed by atoms with E-state index in [1.807, 2.05) is 0 Å². The van der Waals surface area contributed by atoms with Gasteiger partial charge in [-0.2, -0.15) is 0 Å². The number of carbonyl (C=O) groups is 1. The predicted molar refractivity (Wildman–Crippen MR) is 82.6 cm³/mol. The lowest BCUT2D eigenvalue weighted by molar-refractivity contribution is -0.000504. The highest BCUT2D eigenvalue weighted by molar-refractivity contribution is 5.90. The number of fused-ring (bicyclic) bond motifs is 2. The Morgan fingerprint density at radius 2 is 1.59 bits per heavy atom. The number of ether oxygens (including phenoxy) is 3. The van der Waals surface area contributed by atoms with Crippen molar-refractivity contribution >= 4 is 5.97 Å². The summed E-state index contributed by atoms with van der Waals surface area (Å²) < 4.78 is 16.1. The Hall–Kier alpha value is -1.75. The minimum atomic E-state index is -0.300. The maximum atomic E-state index is 12.4. The fourth-order valence-corrected chi connectivity index (χ4v) is 3.60. The van der Waals surface area contributed by atoms with Crippen LogP contribution >= 0.6 is 0 Å². The highest BCUT2D eigenvalue weighted by atomic mass is 16.5. The lowest BCUT2D eigenvalue weighted by atomic mass is 10.0. The summed E-state index contributed by atoms with van der Waals surface area (Å²) in [7, 11) is 5.31. The fraction of sp³-hybridized carbons (Fsp3) is 0.588. The zero-order chi connectivity index (χ0) is 15.7. The van der Waals surface area contributed by atoms with Gasteiger partial charge in [0, 0.05) is 31.0 Å². The van der Waals surface area contributed by atoms with E-state index in [1.165, 1.54) is 12.8 Å². The van der Waals surface area contributed by atoms with Crippen LogP contribution in [0.5, 0.6) is 11.5 Å². The van der Waals surface area contributed by atoms with Crippen LogP contribution in [0.25, 0.3) is 0 Å². The van der Waals surface area contributed by atoms with Gasteiger partial charge in [0.1, 0.15) is 17.6 Å². The molecule has 2 bridgehead atoms. The van der Waals surface area contributed by atoms with Crippen molar-refractivity contribution in [2.24, 2.45) is 0 Å². The Morgan fingerprint density at radius 3 is 2.09 bits per heavy atom. The lowest BCUT2D eigenvalue weighted by Gasteiger charge is -2.35. The largest absolute Gasteiger partial charge is 0.497 e. The van der Waals surface area contributed by atoms with Gasteiger partial charge in [-0.1, -0.05) is 0 Å². The lowest BCUT2D eigenvalue weighted by Crippen LogP contribution is -2.43. The molecule has 2 heterocycles. The molecule has 1 aromatic rings. The maximum absolute atomic E-state index is 12.4. The number of carbonyl (C=O) groups excluding carboxylic acids is 1. The summed E-state index contributed by atoms with van der Waals surface area (Å²) in [4.78, 5) is 14.8. The molecule has 5 nitrogen and oxygen atoms in total. The van der Waals surface area contributed by atoms with Crippen LogP contribution < -0.4 is 9.47 Å². The van der Waals surface area contributed by atoms with Gasteiger partial charge in [-0.05, 0) is 32.0 Å². The number of piperidine rings is 1. The van der Waals surface area contributed by atoms with E-state index in [1.54, 1.807) is 32.4 Å². The van der Waals surface area contributed by atoms with E-state index in [0.29, 0.717) is 29.1 Å².